The number of rotatable bonds is 4. The highest BCUT2D eigenvalue weighted by molar-refractivity contribution is 7.09. The van der Waals surface area contributed by atoms with Crippen LogP contribution in [0.15, 0.2) is 23.8 Å². The molecule has 0 radical (unpaired) electrons. The molecular formula is C13H16N2O2S. The lowest BCUT2D eigenvalue weighted by Gasteiger charge is -2.12. The molecule has 0 saturated heterocycles. The second-order valence-corrected chi connectivity index (χ2v) is 5.38. The summed E-state index contributed by atoms with van der Waals surface area (Å²) in [4.78, 5) is 8.36. The van der Waals surface area contributed by atoms with Gasteiger partial charge in [-0.2, -0.15) is 0 Å². The smallest absolute Gasteiger partial charge is 0.138 e. The number of hydrogen-bond donors (Lipinski definition) is 1. The Kier molecular flexibility index (Phi) is 3.93. The maximum atomic E-state index is 10.2. The molecule has 0 aliphatic rings. The number of hydrogen-bond acceptors (Lipinski definition) is 5. The largest absolute Gasteiger partial charge is 0.489 e. The average molecular weight is 264 g/mol. The standard InChI is InChI=1S/C13H16N2O2S/c1-8(2)17-11-4-10(5-14-6-11)13(16)12-7-18-9(3)15-12/h4-8,13,16H,1-3H3. The monoisotopic (exact) mass is 264 g/mol. The van der Waals surface area contributed by atoms with Crippen LogP contribution in [-0.4, -0.2) is 21.2 Å². The van der Waals surface area contributed by atoms with Crippen molar-refractivity contribution in [2.24, 2.45) is 0 Å². The molecule has 2 rings (SSSR count). The van der Waals surface area contributed by atoms with Crippen molar-refractivity contribution in [3.05, 3.63) is 40.1 Å². The van der Waals surface area contributed by atoms with Crippen molar-refractivity contribution < 1.29 is 9.84 Å². The van der Waals surface area contributed by atoms with Crippen LogP contribution < -0.4 is 4.74 Å². The molecule has 1 N–H and O–H groups in total. The van der Waals surface area contributed by atoms with E-state index in [1.165, 1.54) is 11.3 Å². The Balaban J connectivity index is 2.22. The fraction of sp³-hybridized carbons (Fsp3) is 0.385. The predicted molar refractivity (Wildman–Crippen MR) is 70.9 cm³/mol. The van der Waals surface area contributed by atoms with Crippen molar-refractivity contribution in [2.45, 2.75) is 33.0 Å². The highest BCUT2D eigenvalue weighted by Gasteiger charge is 2.14. The van der Waals surface area contributed by atoms with Gasteiger partial charge in [0.2, 0.25) is 0 Å². The Hall–Kier alpha value is -1.46. The van der Waals surface area contributed by atoms with Crippen LogP contribution in [0, 0.1) is 6.92 Å². The minimum Gasteiger partial charge on any atom is -0.489 e. The van der Waals surface area contributed by atoms with Crippen molar-refractivity contribution >= 4 is 11.3 Å². The maximum absolute atomic E-state index is 10.2. The molecule has 5 heteroatoms. The first-order chi connectivity index (χ1) is 8.56. The molecule has 0 spiro atoms. The second-order valence-electron chi connectivity index (χ2n) is 4.31. The molecular weight excluding hydrogens is 248 g/mol. The molecule has 0 fully saturated rings. The SMILES string of the molecule is Cc1nc(C(O)c2cncc(OC(C)C)c2)cs1. The van der Waals surface area contributed by atoms with Crippen molar-refractivity contribution in [3.63, 3.8) is 0 Å². The number of thiazole rings is 1. The van der Waals surface area contributed by atoms with Gasteiger partial charge < -0.3 is 9.84 Å². The fourth-order valence-corrected chi connectivity index (χ4v) is 2.23. The molecule has 0 aliphatic heterocycles. The first kappa shape index (κ1) is 13.0. The molecule has 1 atom stereocenters. The Morgan fingerprint density at radius 2 is 2.11 bits per heavy atom. The maximum Gasteiger partial charge on any atom is 0.138 e. The van der Waals surface area contributed by atoms with Gasteiger partial charge in [0.25, 0.3) is 0 Å². The zero-order chi connectivity index (χ0) is 13.1. The van der Waals surface area contributed by atoms with Gasteiger partial charge in [0, 0.05) is 17.1 Å². The summed E-state index contributed by atoms with van der Waals surface area (Å²) in [5.74, 6) is 0.661. The molecule has 0 aliphatic carbocycles. The third-order valence-electron chi connectivity index (χ3n) is 2.34. The lowest BCUT2D eigenvalue weighted by atomic mass is 10.1. The van der Waals surface area contributed by atoms with E-state index in [1.807, 2.05) is 26.2 Å². The molecule has 2 aromatic rings. The van der Waals surface area contributed by atoms with Crippen LogP contribution >= 0.6 is 11.3 Å². The van der Waals surface area contributed by atoms with Gasteiger partial charge in [0.15, 0.2) is 0 Å². The van der Waals surface area contributed by atoms with Crippen molar-refractivity contribution in [1.29, 1.82) is 0 Å². The van der Waals surface area contributed by atoms with Crippen molar-refractivity contribution in [3.8, 4) is 5.75 Å². The Labute approximate surface area is 110 Å². The highest BCUT2D eigenvalue weighted by atomic mass is 32.1. The van der Waals surface area contributed by atoms with Crippen molar-refractivity contribution in [1.82, 2.24) is 9.97 Å². The summed E-state index contributed by atoms with van der Waals surface area (Å²) >= 11 is 1.52. The van der Waals surface area contributed by atoms with E-state index in [4.69, 9.17) is 4.74 Å². The number of pyridine rings is 1. The lowest BCUT2D eigenvalue weighted by Crippen LogP contribution is -2.07. The van der Waals surface area contributed by atoms with E-state index >= 15 is 0 Å². The Morgan fingerprint density at radius 1 is 1.33 bits per heavy atom. The number of aliphatic hydroxyl groups excluding tert-OH is 1. The van der Waals surface area contributed by atoms with E-state index in [0.717, 1.165) is 5.01 Å². The van der Waals surface area contributed by atoms with E-state index < -0.39 is 6.10 Å². The number of ether oxygens (including phenoxy) is 1. The van der Waals surface area contributed by atoms with Crippen LogP contribution in [0.25, 0.3) is 0 Å². The van der Waals surface area contributed by atoms with E-state index in [0.29, 0.717) is 17.0 Å². The van der Waals surface area contributed by atoms with Crippen LogP contribution in [0.5, 0.6) is 5.75 Å². The van der Waals surface area contributed by atoms with Gasteiger partial charge in [-0.05, 0) is 26.8 Å². The summed E-state index contributed by atoms with van der Waals surface area (Å²) in [6.45, 7) is 5.82. The first-order valence-electron chi connectivity index (χ1n) is 5.78. The minimum absolute atomic E-state index is 0.0840. The predicted octanol–water partition coefficient (Wildman–Crippen LogP) is 2.72. The number of aromatic nitrogens is 2. The molecule has 18 heavy (non-hydrogen) atoms. The summed E-state index contributed by atoms with van der Waals surface area (Å²) in [5, 5.41) is 13.0. The summed E-state index contributed by atoms with van der Waals surface area (Å²) in [5.41, 5.74) is 1.35. The molecule has 96 valence electrons. The molecule has 2 heterocycles. The highest BCUT2D eigenvalue weighted by Crippen LogP contribution is 2.25. The third-order valence-corrected chi connectivity index (χ3v) is 3.13. The van der Waals surface area contributed by atoms with E-state index in [-0.39, 0.29) is 6.10 Å². The summed E-state index contributed by atoms with van der Waals surface area (Å²) in [7, 11) is 0. The van der Waals surface area contributed by atoms with Gasteiger partial charge in [-0.3, -0.25) is 4.98 Å². The topological polar surface area (TPSA) is 55.2 Å². The zero-order valence-electron chi connectivity index (χ0n) is 10.6. The molecule has 1 unspecified atom stereocenters. The normalized spacial score (nSPS) is 12.7. The summed E-state index contributed by atoms with van der Waals surface area (Å²) in [6.07, 6.45) is 2.61. The number of aliphatic hydroxyl groups is 1. The Bertz CT molecular complexity index is 525. The second kappa shape index (κ2) is 5.46. The molecule has 0 saturated carbocycles. The molecule has 0 bridgehead atoms. The van der Waals surface area contributed by atoms with Gasteiger partial charge in [-0.1, -0.05) is 0 Å². The van der Waals surface area contributed by atoms with Gasteiger partial charge in [0.05, 0.1) is 23.0 Å². The number of nitrogens with zero attached hydrogens (tertiary/aromatic N) is 2. The van der Waals surface area contributed by atoms with Crippen LogP contribution in [0.2, 0.25) is 0 Å². The van der Waals surface area contributed by atoms with Crippen LogP contribution in [0.4, 0.5) is 0 Å². The molecule has 4 nitrogen and oxygen atoms in total. The zero-order valence-corrected chi connectivity index (χ0v) is 11.4. The van der Waals surface area contributed by atoms with Gasteiger partial charge in [-0.25, -0.2) is 4.98 Å². The van der Waals surface area contributed by atoms with E-state index in [2.05, 4.69) is 9.97 Å². The molecule has 0 amide bonds. The quantitative estimate of drug-likeness (QED) is 0.922. The number of aryl methyl sites for hydroxylation is 1. The van der Waals surface area contributed by atoms with E-state index in [9.17, 15) is 5.11 Å². The third kappa shape index (κ3) is 3.05. The van der Waals surface area contributed by atoms with Crippen LogP contribution in [0.3, 0.4) is 0 Å². The van der Waals surface area contributed by atoms with Gasteiger partial charge in [-0.15, -0.1) is 11.3 Å². The average Bonchev–Trinajstić information content (AvgIpc) is 2.74. The summed E-state index contributed by atoms with van der Waals surface area (Å²) < 4.78 is 5.55. The van der Waals surface area contributed by atoms with E-state index in [1.54, 1.807) is 18.5 Å². The molecule has 2 aromatic heterocycles. The minimum atomic E-state index is -0.752. The van der Waals surface area contributed by atoms with Crippen LogP contribution in [-0.2, 0) is 0 Å². The first-order valence-corrected chi connectivity index (χ1v) is 6.66. The molecule has 0 aromatic carbocycles. The fourth-order valence-electron chi connectivity index (χ4n) is 1.60. The Morgan fingerprint density at radius 3 is 2.72 bits per heavy atom. The van der Waals surface area contributed by atoms with Gasteiger partial charge in [0.1, 0.15) is 11.9 Å². The summed E-state index contributed by atoms with van der Waals surface area (Å²) in [6, 6.07) is 1.80. The van der Waals surface area contributed by atoms with Crippen molar-refractivity contribution in [2.75, 3.05) is 0 Å². The van der Waals surface area contributed by atoms with Gasteiger partial charge >= 0.3 is 0 Å². The lowest BCUT2D eigenvalue weighted by molar-refractivity contribution is 0.212. The van der Waals surface area contributed by atoms with Crippen LogP contribution in [0.1, 0.15) is 36.2 Å².